The number of rotatable bonds is 6. The minimum atomic E-state index is -0.0105. The Morgan fingerprint density at radius 1 is 1.07 bits per heavy atom. The Morgan fingerprint density at radius 2 is 1.89 bits per heavy atom. The van der Waals surface area contributed by atoms with Gasteiger partial charge >= 0.3 is 0 Å². The van der Waals surface area contributed by atoms with E-state index in [9.17, 15) is 4.79 Å². The topological polar surface area (TPSA) is 88.8 Å². The molecule has 3 aromatic rings. The van der Waals surface area contributed by atoms with Gasteiger partial charge in [0.25, 0.3) is 0 Å². The second-order valence-corrected chi connectivity index (χ2v) is 6.91. The SMILES string of the molecule is O=C(Cc1ccc(-n2cnnn2)cc1)NCc1cccnc1N1CCCCC1. The van der Waals surface area contributed by atoms with E-state index in [4.69, 9.17) is 0 Å². The van der Waals surface area contributed by atoms with Gasteiger partial charge in [-0.15, -0.1) is 5.10 Å². The lowest BCUT2D eigenvalue weighted by Gasteiger charge is -2.29. The zero-order valence-electron chi connectivity index (χ0n) is 15.7. The second-order valence-electron chi connectivity index (χ2n) is 6.91. The monoisotopic (exact) mass is 377 g/mol. The molecule has 1 aromatic carbocycles. The van der Waals surface area contributed by atoms with Gasteiger partial charge in [-0.3, -0.25) is 4.79 Å². The van der Waals surface area contributed by atoms with Crippen molar-refractivity contribution >= 4 is 11.7 Å². The molecule has 144 valence electrons. The van der Waals surface area contributed by atoms with Crippen molar-refractivity contribution in [3.05, 3.63) is 60.0 Å². The molecule has 0 radical (unpaired) electrons. The molecule has 0 spiro atoms. The molecule has 0 aliphatic carbocycles. The summed E-state index contributed by atoms with van der Waals surface area (Å²) in [6.07, 6.45) is 7.36. The van der Waals surface area contributed by atoms with E-state index in [-0.39, 0.29) is 5.91 Å². The molecule has 8 nitrogen and oxygen atoms in total. The van der Waals surface area contributed by atoms with Crippen molar-refractivity contribution in [1.82, 2.24) is 30.5 Å². The minimum absolute atomic E-state index is 0.0105. The molecule has 0 atom stereocenters. The number of tetrazole rings is 1. The summed E-state index contributed by atoms with van der Waals surface area (Å²) in [5, 5.41) is 14.1. The number of piperidine rings is 1. The summed E-state index contributed by atoms with van der Waals surface area (Å²) in [7, 11) is 0. The molecule has 28 heavy (non-hydrogen) atoms. The minimum Gasteiger partial charge on any atom is -0.356 e. The number of benzene rings is 1. The van der Waals surface area contributed by atoms with Gasteiger partial charge in [0.1, 0.15) is 12.1 Å². The van der Waals surface area contributed by atoms with Crippen LogP contribution in [-0.4, -0.2) is 44.2 Å². The van der Waals surface area contributed by atoms with Crippen LogP contribution in [0.5, 0.6) is 0 Å². The number of carbonyl (C=O) groups is 1. The predicted octanol–water partition coefficient (Wildman–Crippen LogP) is 1.91. The van der Waals surface area contributed by atoms with Crippen LogP contribution in [0.25, 0.3) is 5.69 Å². The highest BCUT2D eigenvalue weighted by atomic mass is 16.1. The third-order valence-corrected chi connectivity index (χ3v) is 4.91. The van der Waals surface area contributed by atoms with E-state index in [1.54, 1.807) is 4.68 Å². The van der Waals surface area contributed by atoms with E-state index >= 15 is 0 Å². The third-order valence-electron chi connectivity index (χ3n) is 4.91. The summed E-state index contributed by atoms with van der Waals surface area (Å²) >= 11 is 0. The van der Waals surface area contributed by atoms with E-state index in [0.717, 1.165) is 35.7 Å². The number of hydrogen-bond acceptors (Lipinski definition) is 6. The van der Waals surface area contributed by atoms with Gasteiger partial charge in [-0.25, -0.2) is 9.67 Å². The lowest BCUT2D eigenvalue weighted by Crippen LogP contribution is -2.32. The molecule has 1 N–H and O–H groups in total. The largest absolute Gasteiger partial charge is 0.356 e. The highest BCUT2D eigenvalue weighted by Gasteiger charge is 2.16. The molecular formula is C20H23N7O. The molecule has 1 saturated heterocycles. The van der Waals surface area contributed by atoms with Crippen molar-refractivity contribution in [3.63, 3.8) is 0 Å². The molecule has 1 fully saturated rings. The number of aromatic nitrogens is 5. The van der Waals surface area contributed by atoms with E-state index in [1.807, 2.05) is 42.6 Å². The number of nitrogens with one attached hydrogen (secondary N) is 1. The maximum Gasteiger partial charge on any atom is 0.224 e. The lowest BCUT2D eigenvalue weighted by molar-refractivity contribution is -0.120. The van der Waals surface area contributed by atoms with E-state index in [1.165, 1.54) is 25.6 Å². The van der Waals surface area contributed by atoms with Crippen molar-refractivity contribution in [2.75, 3.05) is 18.0 Å². The Hall–Kier alpha value is -3.29. The number of hydrogen-bond donors (Lipinski definition) is 1. The van der Waals surface area contributed by atoms with E-state index < -0.39 is 0 Å². The highest BCUT2D eigenvalue weighted by Crippen LogP contribution is 2.21. The number of amides is 1. The molecule has 1 amide bonds. The summed E-state index contributed by atoms with van der Waals surface area (Å²) in [4.78, 5) is 19.3. The van der Waals surface area contributed by atoms with Gasteiger partial charge < -0.3 is 10.2 Å². The molecule has 1 aliphatic heterocycles. The average Bonchev–Trinajstić information content (AvgIpc) is 3.29. The van der Waals surface area contributed by atoms with Crippen molar-refractivity contribution in [3.8, 4) is 5.69 Å². The molecule has 0 unspecified atom stereocenters. The summed E-state index contributed by atoms with van der Waals surface area (Å²) in [6, 6.07) is 11.6. The fourth-order valence-corrected chi connectivity index (χ4v) is 3.45. The highest BCUT2D eigenvalue weighted by molar-refractivity contribution is 5.78. The third kappa shape index (κ3) is 4.33. The molecule has 3 heterocycles. The van der Waals surface area contributed by atoms with E-state index in [0.29, 0.717) is 13.0 Å². The van der Waals surface area contributed by atoms with Gasteiger partial charge in [-0.2, -0.15) is 0 Å². The Kier molecular flexibility index (Phi) is 5.56. The fraction of sp³-hybridized carbons (Fsp3) is 0.350. The van der Waals surface area contributed by atoms with Crippen molar-refractivity contribution in [1.29, 1.82) is 0 Å². The Labute approximate surface area is 163 Å². The van der Waals surface area contributed by atoms with Crippen molar-refractivity contribution < 1.29 is 4.79 Å². The first-order valence-corrected chi connectivity index (χ1v) is 9.57. The van der Waals surface area contributed by atoms with Crippen LogP contribution in [0, 0.1) is 0 Å². The lowest BCUT2D eigenvalue weighted by atomic mass is 10.1. The zero-order valence-corrected chi connectivity index (χ0v) is 15.7. The van der Waals surface area contributed by atoms with Gasteiger partial charge in [0, 0.05) is 31.4 Å². The molecule has 1 aliphatic rings. The quantitative estimate of drug-likeness (QED) is 0.706. The average molecular weight is 377 g/mol. The Bertz CT molecular complexity index is 903. The van der Waals surface area contributed by atoms with Crippen LogP contribution in [0.2, 0.25) is 0 Å². The number of carbonyl (C=O) groups excluding carboxylic acids is 1. The summed E-state index contributed by atoms with van der Waals surface area (Å²) in [5.74, 6) is 0.983. The standard InChI is InChI=1S/C20H23N7O/c28-19(13-16-6-8-18(9-7-16)27-15-23-24-25-27)22-14-17-5-4-10-21-20(17)26-11-2-1-3-12-26/h4-10,15H,1-3,11-14H2,(H,22,28). The molecule has 4 rings (SSSR count). The Morgan fingerprint density at radius 3 is 2.64 bits per heavy atom. The van der Waals surface area contributed by atoms with Crippen LogP contribution in [0.1, 0.15) is 30.4 Å². The number of nitrogens with zero attached hydrogens (tertiary/aromatic N) is 6. The number of anilines is 1. The Balaban J connectivity index is 1.35. The predicted molar refractivity (Wildman–Crippen MR) is 105 cm³/mol. The molecule has 0 saturated carbocycles. The van der Waals surface area contributed by atoms with Crippen molar-refractivity contribution in [2.45, 2.75) is 32.2 Å². The normalized spacial score (nSPS) is 14.1. The maximum absolute atomic E-state index is 12.4. The van der Waals surface area contributed by atoms with Gasteiger partial charge in [0.2, 0.25) is 5.91 Å². The smallest absolute Gasteiger partial charge is 0.224 e. The molecule has 2 aromatic heterocycles. The van der Waals surface area contributed by atoms with Crippen LogP contribution in [0.4, 0.5) is 5.82 Å². The summed E-state index contributed by atoms with van der Waals surface area (Å²) in [6.45, 7) is 2.55. The van der Waals surface area contributed by atoms with Crippen LogP contribution in [0.3, 0.4) is 0 Å². The maximum atomic E-state index is 12.4. The van der Waals surface area contributed by atoms with Gasteiger partial charge in [-0.05, 0) is 53.5 Å². The van der Waals surface area contributed by atoms with Crippen LogP contribution in [0.15, 0.2) is 48.9 Å². The first-order chi connectivity index (χ1) is 13.8. The molecular weight excluding hydrogens is 354 g/mol. The van der Waals surface area contributed by atoms with Crippen LogP contribution >= 0.6 is 0 Å². The first-order valence-electron chi connectivity index (χ1n) is 9.57. The van der Waals surface area contributed by atoms with Gasteiger partial charge in [0.15, 0.2) is 0 Å². The summed E-state index contributed by atoms with van der Waals surface area (Å²) in [5.41, 5.74) is 2.86. The van der Waals surface area contributed by atoms with Crippen molar-refractivity contribution in [2.24, 2.45) is 0 Å². The zero-order chi connectivity index (χ0) is 19.2. The molecule has 0 bridgehead atoms. The first kappa shape index (κ1) is 18.1. The van der Waals surface area contributed by atoms with Gasteiger partial charge in [0.05, 0.1) is 12.1 Å². The van der Waals surface area contributed by atoms with E-state index in [2.05, 4.69) is 30.7 Å². The van der Waals surface area contributed by atoms with Crippen LogP contribution in [-0.2, 0) is 17.8 Å². The number of pyridine rings is 1. The van der Waals surface area contributed by atoms with Gasteiger partial charge in [-0.1, -0.05) is 18.2 Å². The second kappa shape index (κ2) is 8.60. The summed E-state index contributed by atoms with van der Waals surface area (Å²) < 4.78 is 1.58. The van der Waals surface area contributed by atoms with Crippen LogP contribution < -0.4 is 10.2 Å². The molecule has 8 heteroatoms. The fourth-order valence-electron chi connectivity index (χ4n) is 3.45.